The average molecular weight is 320 g/mol. The molecule has 0 bridgehead atoms. The monoisotopic (exact) mass is 320 g/mol. The van der Waals surface area contributed by atoms with E-state index in [0.717, 1.165) is 24.2 Å². The molecule has 3 N–H and O–H groups in total. The molecule has 0 saturated heterocycles. The van der Waals surface area contributed by atoms with Gasteiger partial charge in [-0.2, -0.15) is 0 Å². The molecule has 1 amide bonds. The number of nitrogens with two attached hydrogens (primary N) is 1. The maximum absolute atomic E-state index is 12.4. The van der Waals surface area contributed by atoms with Gasteiger partial charge in [0.1, 0.15) is 5.75 Å². The molecular weight excluding hydrogens is 288 g/mol. The molecule has 4 heteroatoms. The summed E-state index contributed by atoms with van der Waals surface area (Å²) >= 11 is 0. The number of para-hydroxylation sites is 1. The highest BCUT2D eigenvalue weighted by Crippen LogP contribution is 2.30. The lowest BCUT2D eigenvalue weighted by atomic mass is 9.94. The number of carbonyl (C=O) groups excluding carboxylic acids is 1. The summed E-state index contributed by atoms with van der Waals surface area (Å²) in [6.45, 7) is 10.8. The molecule has 23 heavy (non-hydrogen) atoms. The lowest BCUT2D eigenvalue weighted by molar-refractivity contribution is -0.125. The van der Waals surface area contributed by atoms with E-state index in [1.807, 2.05) is 38.1 Å². The third-order valence-electron chi connectivity index (χ3n) is 3.98. The van der Waals surface area contributed by atoms with Crippen LogP contribution in [0.15, 0.2) is 24.3 Å². The van der Waals surface area contributed by atoms with Crippen LogP contribution >= 0.6 is 0 Å². The van der Waals surface area contributed by atoms with Crippen LogP contribution in [0.5, 0.6) is 5.75 Å². The molecule has 130 valence electrons. The first kappa shape index (κ1) is 19.5. The van der Waals surface area contributed by atoms with Gasteiger partial charge < -0.3 is 15.8 Å². The smallest absolute Gasteiger partial charge is 0.224 e. The fraction of sp³-hybridized carbons (Fsp3) is 0.632. The van der Waals surface area contributed by atoms with Gasteiger partial charge >= 0.3 is 0 Å². The SMILES string of the molecule is CCCOc1ccccc1C(CC(C)C)NC(=O)C(C)C(C)N. The second-order valence-electron chi connectivity index (χ2n) is 6.72. The van der Waals surface area contributed by atoms with Crippen molar-refractivity contribution in [2.24, 2.45) is 17.6 Å². The minimum atomic E-state index is -0.214. The second-order valence-corrected chi connectivity index (χ2v) is 6.72. The topological polar surface area (TPSA) is 64.3 Å². The Labute approximate surface area is 140 Å². The van der Waals surface area contributed by atoms with E-state index in [0.29, 0.717) is 12.5 Å². The van der Waals surface area contributed by atoms with Crippen molar-refractivity contribution in [3.8, 4) is 5.75 Å². The number of hydrogen-bond donors (Lipinski definition) is 2. The van der Waals surface area contributed by atoms with Crippen LogP contribution in [0.2, 0.25) is 0 Å². The molecule has 0 aliphatic heterocycles. The summed E-state index contributed by atoms with van der Waals surface area (Å²) in [6, 6.07) is 7.74. The van der Waals surface area contributed by atoms with Crippen LogP contribution in [0, 0.1) is 11.8 Å². The highest BCUT2D eigenvalue weighted by molar-refractivity contribution is 5.79. The van der Waals surface area contributed by atoms with E-state index in [2.05, 4.69) is 26.1 Å². The van der Waals surface area contributed by atoms with Gasteiger partial charge in [-0.05, 0) is 31.7 Å². The summed E-state index contributed by atoms with van der Waals surface area (Å²) in [5, 5.41) is 3.16. The standard InChI is InChI=1S/C19H32N2O2/c1-6-11-23-18-10-8-7-9-16(18)17(12-13(2)3)21-19(22)14(4)15(5)20/h7-10,13-15,17H,6,11-12,20H2,1-5H3,(H,21,22). The van der Waals surface area contributed by atoms with Gasteiger partial charge in [0.2, 0.25) is 5.91 Å². The lowest BCUT2D eigenvalue weighted by Crippen LogP contribution is -2.40. The Hall–Kier alpha value is -1.55. The van der Waals surface area contributed by atoms with Crippen molar-refractivity contribution in [1.82, 2.24) is 5.32 Å². The van der Waals surface area contributed by atoms with Crippen molar-refractivity contribution in [2.75, 3.05) is 6.61 Å². The zero-order valence-corrected chi connectivity index (χ0v) is 15.1. The summed E-state index contributed by atoms with van der Waals surface area (Å²) in [5.74, 6) is 1.10. The van der Waals surface area contributed by atoms with Crippen molar-refractivity contribution < 1.29 is 9.53 Å². The van der Waals surface area contributed by atoms with Gasteiger partial charge in [-0.3, -0.25) is 4.79 Å². The van der Waals surface area contributed by atoms with Crippen LogP contribution in [0.1, 0.15) is 59.1 Å². The molecule has 0 saturated carbocycles. The van der Waals surface area contributed by atoms with Gasteiger partial charge in [-0.1, -0.05) is 45.9 Å². The zero-order chi connectivity index (χ0) is 17.4. The zero-order valence-electron chi connectivity index (χ0n) is 15.1. The molecule has 0 radical (unpaired) electrons. The molecule has 1 aromatic carbocycles. The molecule has 0 aromatic heterocycles. The van der Waals surface area contributed by atoms with Gasteiger partial charge in [0, 0.05) is 17.5 Å². The van der Waals surface area contributed by atoms with Crippen molar-refractivity contribution in [3.63, 3.8) is 0 Å². The Morgan fingerprint density at radius 3 is 2.43 bits per heavy atom. The number of carbonyl (C=O) groups is 1. The maximum atomic E-state index is 12.4. The summed E-state index contributed by atoms with van der Waals surface area (Å²) in [4.78, 5) is 12.4. The quantitative estimate of drug-likeness (QED) is 0.730. The van der Waals surface area contributed by atoms with E-state index in [-0.39, 0.29) is 23.9 Å². The molecule has 0 heterocycles. The van der Waals surface area contributed by atoms with Crippen LogP contribution in [-0.2, 0) is 4.79 Å². The fourth-order valence-electron chi connectivity index (χ4n) is 2.39. The number of ether oxygens (including phenoxy) is 1. The number of amides is 1. The minimum absolute atomic E-state index is 0.00376. The summed E-state index contributed by atoms with van der Waals surface area (Å²) in [6.07, 6.45) is 1.82. The predicted octanol–water partition coefficient (Wildman–Crippen LogP) is 3.66. The predicted molar refractivity (Wildman–Crippen MR) is 95.4 cm³/mol. The van der Waals surface area contributed by atoms with Crippen LogP contribution in [-0.4, -0.2) is 18.6 Å². The van der Waals surface area contributed by atoms with Gasteiger partial charge in [0.05, 0.1) is 12.6 Å². The molecule has 0 aliphatic carbocycles. The van der Waals surface area contributed by atoms with E-state index in [9.17, 15) is 4.79 Å². The van der Waals surface area contributed by atoms with E-state index in [1.165, 1.54) is 0 Å². The first-order valence-electron chi connectivity index (χ1n) is 8.64. The minimum Gasteiger partial charge on any atom is -0.493 e. The van der Waals surface area contributed by atoms with Gasteiger partial charge in [-0.15, -0.1) is 0 Å². The number of rotatable bonds is 9. The maximum Gasteiger partial charge on any atom is 0.224 e. The first-order valence-corrected chi connectivity index (χ1v) is 8.64. The average Bonchev–Trinajstić information content (AvgIpc) is 2.51. The summed E-state index contributed by atoms with van der Waals surface area (Å²) in [7, 11) is 0. The van der Waals surface area contributed by atoms with E-state index >= 15 is 0 Å². The van der Waals surface area contributed by atoms with Gasteiger partial charge in [-0.25, -0.2) is 0 Å². The van der Waals surface area contributed by atoms with Crippen LogP contribution in [0.3, 0.4) is 0 Å². The van der Waals surface area contributed by atoms with E-state index in [1.54, 1.807) is 0 Å². The van der Waals surface area contributed by atoms with Gasteiger partial charge in [0.15, 0.2) is 0 Å². The fourth-order valence-corrected chi connectivity index (χ4v) is 2.39. The molecular formula is C19H32N2O2. The molecule has 0 fully saturated rings. The Balaban J connectivity index is 3.00. The third kappa shape index (κ3) is 6.22. The van der Waals surface area contributed by atoms with Crippen molar-refractivity contribution in [3.05, 3.63) is 29.8 Å². The normalized spacial score (nSPS) is 15.1. The van der Waals surface area contributed by atoms with Crippen LogP contribution < -0.4 is 15.8 Å². The highest BCUT2D eigenvalue weighted by atomic mass is 16.5. The van der Waals surface area contributed by atoms with Crippen molar-refractivity contribution in [2.45, 2.75) is 59.5 Å². The van der Waals surface area contributed by atoms with E-state index in [4.69, 9.17) is 10.5 Å². The molecule has 4 nitrogen and oxygen atoms in total. The van der Waals surface area contributed by atoms with Crippen molar-refractivity contribution >= 4 is 5.91 Å². The number of benzene rings is 1. The van der Waals surface area contributed by atoms with Crippen LogP contribution in [0.25, 0.3) is 0 Å². The Kier molecular flexibility index (Phi) is 8.10. The second kappa shape index (κ2) is 9.56. The summed E-state index contributed by atoms with van der Waals surface area (Å²) in [5.41, 5.74) is 6.90. The lowest BCUT2D eigenvalue weighted by Gasteiger charge is -2.26. The Morgan fingerprint density at radius 2 is 1.87 bits per heavy atom. The number of hydrogen-bond acceptors (Lipinski definition) is 3. The molecule has 0 aliphatic rings. The molecule has 1 aromatic rings. The molecule has 3 unspecified atom stereocenters. The Morgan fingerprint density at radius 1 is 1.22 bits per heavy atom. The van der Waals surface area contributed by atoms with Gasteiger partial charge in [0.25, 0.3) is 0 Å². The van der Waals surface area contributed by atoms with E-state index < -0.39 is 0 Å². The summed E-state index contributed by atoms with van der Waals surface area (Å²) < 4.78 is 5.86. The van der Waals surface area contributed by atoms with Crippen molar-refractivity contribution in [1.29, 1.82) is 0 Å². The first-order chi connectivity index (χ1) is 10.9. The molecule has 0 spiro atoms. The highest BCUT2D eigenvalue weighted by Gasteiger charge is 2.24. The molecule has 1 rings (SSSR count). The Bertz CT molecular complexity index is 486. The molecule has 3 atom stereocenters. The van der Waals surface area contributed by atoms with Crippen LogP contribution in [0.4, 0.5) is 0 Å². The number of nitrogens with one attached hydrogen (secondary N) is 1. The largest absolute Gasteiger partial charge is 0.493 e. The third-order valence-corrected chi connectivity index (χ3v) is 3.98.